The van der Waals surface area contributed by atoms with Gasteiger partial charge in [0.1, 0.15) is 10.4 Å². The molecule has 0 aliphatic carbocycles. The Labute approximate surface area is 515 Å². The Morgan fingerprint density at radius 1 is 0.471 bits per heavy atom. The summed E-state index contributed by atoms with van der Waals surface area (Å²) in [5.74, 6) is 1.60. The third-order valence-electron chi connectivity index (χ3n) is 16.4. The number of hydrogen-bond donors (Lipinski definition) is 4. The van der Waals surface area contributed by atoms with Gasteiger partial charge in [-0.2, -0.15) is 0 Å². The van der Waals surface area contributed by atoms with Crippen LogP contribution in [0.2, 0.25) is 0 Å². The third-order valence-corrected chi connectivity index (χ3v) is 17.0. The second kappa shape index (κ2) is 26.0. The molecule has 2 saturated heterocycles. The largest absolute Gasteiger partial charge is 0.399 e. The summed E-state index contributed by atoms with van der Waals surface area (Å²) in [4.78, 5) is 66.9. The molecule has 0 bridgehead atoms. The van der Waals surface area contributed by atoms with E-state index in [1.165, 1.54) is 16.8 Å². The number of carbonyl (C=O) groups excluding carboxylic acids is 2. The van der Waals surface area contributed by atoms with Crippen LogP contribution in [-0.2, 0) is 12.8 Å². The van der Waals surface area contributed by atoms with Gasteiger partial charge in [-0.15, -0.1) is 0 Å². The summed E-state index contributed by atoms with van der Waals surface area (Å²) in [5, 5.41) is 14.6. The SMILES string of the molecule is Brc1nccc2ccccc12.Cc1ccc(N)cc1N1CCc2nc(Nc3ccc(N4CCN(C)CC4)cc3)ncc2C1=O.Cc1ccc(Nc2nccc3ccccc23)cc1N1CCc2nc(Nc3ccc(N4CCN(C)CC4)cc3)ncc2C1=O. The molecule has 14 rings (SSSR count). The predicted octanol–water partition coefficient (Wildman–Crippen LogP) is 11.8. The van der Waals surface area contributed by atoms with Crippen LogP contribution in [0, 0.1) is 13.8 Å². The molecule has 87 heavy (non-hydrogen) atoms. The van der Waals surface area contributed by atoms with Gasteiger partial charge in [0.05, 0.1) is 22.5 Å². The molecular weight excluding hydrogens is 1150 g/mol. The smallest absolute Gasteiger partial charge is 0.261 e. The summed E-state index contributed by atoms with van der Waals surface area (Å²) in [6, 6.07) is 48.7. The molecule has 5 N–H and O–H groups in total. The number of aromatic nitrogens is 6. The van der Waals surface area contributed by atoms with Crippen molar-refractivity contribution in [3.8, 4) is 0 Å². The number of piperazine rings is 2. The number of nitrogen functional groups attached to an aromatic ring is 1. The van der Waals surface area contributed by atoms with Gasteiger partial charge in [-0.1, -0.05) is 60.7 Å². The van der Waals surface area contributed by atoms with Gasteiger partial charge in [-0.3, -0.25) is 9.59 Å². The second-order valence-corrected chi connectivity index (χ2v) is 23.1. The van der Waals surface area contributed by atoms with Crippen LogP contribution in [0.1, 0.15) is 43.2 Å². The first-order valence-corrected chi connectivity index (χ1v) is 30.2. The van der Waals surface area contributed by atoms with E-state index in [1.807, 2.05) is 110 Å². The van der Waals surface area contributed by atoms with Crippen LogP contribution in [-0.4, -0.2) is 131 Å². The van der Waals surface area contributed by atoms with Crippen molar-refractivity contribution in [2.45, 2.75) is 26.7 Å². The van der Waals surface area contributed by atoms with Gasteiger partial charge in [-0.25, -0.2) is 29.9 Å². The van der Waals surface area contributed by atoms with Gasteiger partial charge in [-0.05, 0) is 151 Å². The van der Waals surface area contributed by atoms with Crippen molar-refractivity contribution < 1.29 is 9.59 Å². The van der Waals surface area contributed by atoms with Crippen LogP contribution >= 0.6 is 15.9 Å². The molecule has 0 saturated carbocycles. The molecule has 10 aromatic rings. The van der Waals surface area contributed by atoms with E-state index in [0.29, 0.717) is 54.6 Å². The van der Waals surface area contributed by atoms with Crippen molar-refractivity contribution in [2.75, 3.05) is 121 Å². The third kappa shape index (κ3) is 13.3. The van der Waals surface area contributed by atoms with E-state index in [9.17, 15) is 9.59 Å². The lowest BCUT2D eigenvalue weighted by molar-refractivity contribution is 0.0971. The van der Waals surface area contributed by atoms with Crippen molar-refractivity contribution in [1.29, 1.82) is 0 Å². The quantitative estimate of drug-likeness (QED) is 0.0746. The molecule has 2 amide bonds. The van der Waals surface area contributed by atoms with Crippen LogP contribution in [0.4, 0.5) is 63.2 Å². The molecule has 4 aliphatic heterocycles. The van der Waals surface area contributed by atoms with E-state index in [4.69, 9.17) is 10.7 Å². The first-order valence-electron chi connectivity index (χ1n) is 29.4. The van der Waals surface area contributed by atoms with Crippen LogP contribution in [0.5, 0.6) is 0 Å². The van der Waals surface area contributed by atoms with Crippen LogP contribution in [0.25, 0.3) is 21.5 Å². The topological polar surface area (TPSA) is 193 Å². The Balaban J connectivity index is 0.000000148. The molecule has 440 valence electrons. The van der Waals surface area contributed by atoms with Crippen LogP contribution in [0.15, 0.2) is 175 Å². The maximum atomic E-state index is 13.7. The van der Waals surface area contributed by atoms with E-state index in [0.717, 1.165) is 130 Å². The Hall–Kier alpha value is -9.56. The zero-order valence-corrected chi connectivity index (χ0v) is 50.9. The standard InChI is InChI=1S/C34H34N8O.C25H29N7O.C9H6BrN/c1-23-7-8-26(37-32-28-6-4-3-5-24(28)13-15-35-32)21-31(23)42-16-14-30-29(33(42)43)22-36-34(39-30)38-25-9-11-27(12-10-25)41-19-17-40(2)18-20-41;1-17-3-4-18(26)15-23(17)32-10-9-22-21(24(32)33)16-27-25(29-22)28-19-5-7-20(8-6-19)31-13-11-30(2)12-14-31;10-9-8-4-2-1-3-7(8)5-6-11-9/h3-13,15,21-22H,14,16-20H2,1-2H3,(H,35,37)(H,36,38,39);3-8,15-16H,9-14,26H2,1-2H3,(H,27,28,29);1-6H. The number of benzene rings is 6. The molecule has 18 nitrogen and oxygen atoms in total. The van der Waals surface area contributed by atoms with Gasteiger partial charge in [0.15, 0.2) is 0 Å². The molecule has 4 aromatic heterocycles. The highest BCUT2D eigenvalue weighted by Crippen LogP contribution is 2.34. The molecule has 0 unspecified atom stereocenters. The number of likely N-dealkylation sites (N-methyl/N-ethyl adjacent to an activating group) is 2. The molecular formula is C68H69BrN16O2. The average molecular weight is 1220 g/mol. The molecule has 8 heterocycles. The van der Waals surface area contributed by atoms with E-state index in [-0.39, 0.29) is 11.8 Å². The summed E-state index contributed by atoms with van der Waals surface area (Å²) < 4.78 is 0.913. The Bertz CT molecular complexity index is 4100. The van der Waals surface area contributed by atoms with E-state index in [1.54, 1.807) is 29.7 Å². The molecule has 19 heteroatoms. The van der Waals surface area contributed by atoms with Crippen molar-refractivity contribution in [1.82, 2.24) is 39.7 Å². The average Bonchev–Trinajstić information content (AvgIpc) is 2.30. The summed E-state index contributed by atoms with van der Waals surface area (Å²) >= 11 is 3.39. The second-order valence-electron chi connectivity index (χ2n) is 22.3. The number of aryl methyl sites for hydroxylation is 2. The first-order chi connectivity index (χ1) is 42.4. The number of anilines is 11. The molecule has 2 fully saturated rings. The number of nitrogens with one attached hydrogen (secondary N) is 3. The number of pyridine rings is 2. The van der Waals surface area contributed by atoms with E-state index in [2.05, 4.69) is 145 Å². The minimum atomic E-state index is -0.0899. The summed E-state index contributed by atoms with van der Waals surface area (Å²) in [6.45, 7) is 13.6. The number of fused-ring (bicyclic) bond motifs is 4. The zero-order valence-electron chi connectivity index (χ0n) is 49.3. The molecule has 4 aliphatic rings. The summed E-state index contributed by atoms with van der Waals surface area (Å²) in [7, 11) is 4.32. The van der Waals surface area contributed by atoms with E-state index >= 15 is 0 Å². The Kier molecular flexibility index (Phi) is 17.3. The fourth-order valence-electron chi connectivity index (χ4n) is 11.3. The monoisotopic (exact) mass is 1220 g/mol. The molecule has 0 atom stereocenters. The zero-order chi connectivity index (χ0) is 60.0. The van der Waals surface area contributed by atoms with Crippen LogP contribution in [0.3, 0.4) is 0 Å². The Morgan fingerprint density at radius 2 is 0.931 bits per heavy atom. The van der Waals surface area contributed by atoms with Crippen molar-refractivity contribution in [3.05, 3.63) is 209 Å². The van der Waals surface area contributed by atoms with Crippen molar-refractivity contribution in [2.24, 2.45) is 0 Å². The number of rotatable bonds is 10. The number of hydrogen-bond acceptors (Lipinski definition) is 16. The molecule has 0 radical (unpaired) electrons. The Morgan fingerprint density at radius 3 is 1.46 bits per heavy atom. The van der Waals surface area contributed by atoms with Gasteiger partial charge < -0.3 is 51.1 Å². The normalized spacial score (nSPS) is 15.2. The predicted molar refractivity (Wildman–Crippen MR) is 355 cm³/mol. The number of amides is 2. The fraction of sp³-hybridized carbons (Fsp3) is 0.235. The van der Waals surface area contributed by atoms with Gasteiger partial charge in [0, 0.05) is 159 Å². The highest BCUT2D eigenvalue weighted by Gasteiger charge is 2.30. The molecule has 0 spiro atoms. The van der Waals surface area contributed by atoms with Crippen molar-refractivity contribution >= 4 is 113 Å². The number of nitrogens with two attached hydrogens (primary N) is 1. The van der Waals surface area contributed by atoms with Gasteiger partial charge in [0.2, 0.25) is 11.9 Å². The molecule has 6 aromatic carbocycles. The minimum absolute atomic E-state index is 0.0898. The maximum Gasteiger partial charge on any atom is 0.261 e. The number of halogens is 1. The number of nitrogens with zero attached hydrogens (tertiary/aromatic N) is 12. The summed E-state index contributed by atoms with van der Waals surface area (Å²) in [6.07, 6.45) is 8.18. The van der Waals surface area contributed by atoms with E-state index < -0.39 is 0 Å². The fourth-order valence-corrected chi connectivity index (χ4v) is 11.8. The minimum Gasteiger partial charge on any atom is -0.399 e. The van der Waals surface area contributed by atoms with Crippen LogP contribution < -0.4 is 41.3 Å². The number of carbonyl (C=O) groups is 2. The van der Waals surface area contributed by atoms with Gasteiger partial charge >= 0.3 is 0 Å². The van der Waals surface area contributed by atoms with Crippen molar-refractivity contribution in [3.63, 3.8) is 0 Å². The maximum absolute atomic E-state index is 13.7. The highest BCUT2D eigenvalue weighted by molar-refractivity contribution is 9.10. The highest BCUT2D eigenvalue weighted by atomic mass is 79.9. The first kappa shape index (κ1) is 57.9. The summed E-state index contributed by atoms with van der Waals surface area (Å²) in [5.41, 5.74) is 18.1. The van der Waals surface area contributed by atoms with Gasteiger partial charge in [0.25, 0.3) is 11.8 Å². The lowest BCUT2D eigenvalue weighted by atomic mass is 10.0. The lowest BCUT2D eigenvalue weighted by Gasteiger charge is -2.34. The lowest BCUT2D eigenvalue weighted by Crippen LogP contribution is -2.44.